The molecule has 0 bridgehead atoms. The van der Waals surface area contributed by atoms with E-state index in [2.05, 4.69) is 15.6 Å². The third kappa shape index (κ3) is 5.38. The lowest BCUT2D eigenvalue weighted by atomic mass is 10.1. The van der Waals surface area contributed by atoms with Crippen LogP contribution in [0.2, 0.25) is 0 Å². The first kappa shape index (κ1) is 20.9. The summed E-state index contributed by atoms with van der Waals surface area (Å²) in [6.45, 7) is 3.94. The van der Waals surface area contributed by atoms with Crippen LogP contribution in [0.4, 0.5) is 24.5 Å². The molecule has 29 heavy (non-hydrogen) atoms. The van der Waals surface area contributed by atoms with E-state index < -0.39 is 22.9 Å². The Morgan fingerprint density at radius 2 is 1.93 bits per heavy atom. The summed E-state index contributed by atoms with van der Waals surface area (Å²) < 4.78 is 38.3. The van der Waals surface area contributed by atoms with Crippen LogP contribution in [-0.2, 0) is 15.8 Å². The Balaban J connectivity index is 1.63. The van der Waals surface area contributed by atoms with Crippen molar-refractivity contribution >= 4 is 40.1 Å². The Morgan fingerprint density at radius 3 is 2.62 bits per heavy atom. The van der Waals surface area contributed by atoms with E-state index in [0.29, 0.717) is 10.9 Å². The molecular formula is C20H18F3N3O2S. The molecule has 3 rings (SSSR count). The molecule has 0 aromatic heterocycles. The van der Waals surface area contributed by atoms with Crippen molar-refractivity contribution in [2.45, 2.75) is 31.7 Å². The summed E-state index contributed by atoms with van der Waals surface area (Å²) in [5.74, 6) is -0.916. The molecule has 2 amide bonds. The van der Waals surface area contributed by atoms with Gasteiger partial charge in [-0.15, -0.1) is 0 Å². The van der Waals surface area contributed by atoms with Crippen LogP contribution in [0.3, 0.4) is 0 Å². The number of amides is 2. The average Bonchev–Trinajstić information content (AvgIpc) is 2.96. The van der Waals surface area contributed by atoms with E-state index >= 15 is 0 Å². The van der Waals surface area contributed by atoms with Crippen LogP contribution in [0, 0.1) is 13.8 Å². The maximum Gasteiger partial charge on any atom is 0.416 e. The van der Waals surface area contributed by atoms with Gasteiger partial charge in [0.1, 0.15) is 5.25 Å². The average molecular weight is 421 g/mol. The second-order valence-corrected chi connectivity index (χ2v) is 7.80. The summed E-state index contributed by atoms with van der Waals surface area (Å²) in [4.78, 5) is 28.7. The zero-order chi connectivity index (χ0) is 21.2. The summed E-state index contributed by atoms with van der Waals surface area (Å²) in [7, 11) is 0. The monoisotopic (exact) mass is 421 g/mol. The number of nitrogens with zero attached hydrogens (tertiary/aromatic N) is 1. The number of hydrogen-bond acceptors (Lipinski definition) is 4. The first-order chi connectivity index (χ1) is 13.6. The van der Waals surface area contributed by atoms with E-state index in [4.69, 9.17) is 0 Å². The molecule has 0 radical (unpaired) electrons. The molecule has 0 spiro atoms. The molecule has 1 saturated heterocycles. The largest absolute Gasteiger partial charge is 0.416 e. The Bertz CT molecular complexity index is 989. The van der Waals surface area contributed by atoms with Gasteiger partial charge in [-0.1, -0.05) is 23.9 Å². The molecule has 5 nitrogen and oxygen atoms in total. The number of halogens is 3. The van der Waals surface area contributed by atoms with Crippen molar-refractivity contribution in [2.24, 2.45) is 4.99 Å². The van der Waals surface area contributed by atoms with E-state index in [9.17, 15) is 22.8 Å². The topological polar surface area (TPSA) is 70.6 Å². The van der Waals surface area contributed by atoms with Gasteiger partial charge in [-0.2, -0.15) is 13.2 Å². The summed E-state index contributed by atoms with van der Waals surface area (Å²) in [6, 6.07) is 10.00. The molecule has 1 heterocycles. The first-order valence-corrected chi connectivity index (χ1v) is 9.60. The van der Waals surface area contributed by atoms with Gasteiger partial charge < -0.3 is 10.6 Å². The molecule has 1 aliphatic heterocycles. The smallest absolute Gasteiger partial charge is 0.326 e. The Morgan fingerprint density at radius 1 is 1.17 bits per heavy atom. The number of thioether (sulfide) groups is 1. The number of amidine groups is 1. The fourth-order valence-electron chi connectivity index (χ4n) is 2.66. The summed E-state index contributed by atoms with van der Waals surface area (Å²) in [5, 5.41) is 4.72. The van der Waals surface area contributed by atoms with Crippen LogP contribution in [0.1, 0.15) is 23.1 Å². The number of anilines is 1. The molecule has 2 N–H and O–H groups in total. The van der Waals surface area contributed by atoms with Gasteiger partial charge in [0.25, 0.3) is 0 Å². The van der Waals surface area contributed by atoms with Crippen molar-refractivity contribution in [3.63, 3.8) is 0 Å². The molecule has 0 saturated carbocycles. The maximum atomic E-state index is 12.8. The van der Waals surface area contributed by atoms with Gasteiger partial charge in [0.2, 0.25) is 11.8 Å². The molecule has 2 aromatic carbocycles. The van der Waals surface area contributed by atoms with E-state index in [0.717, 1.165) is 35.0 Å². The van der Waals surface area contributed by atoms with Crippen molar-refractivity contribution in [3.8, 4) is 0 Å². The number of hydrogen-bond donors (Lipinski definition) is 2. The van der Waals surface area contributed by atoms with Gasteiger partial charge in [-0.3, -0.25) is 9.59 Å². The van der Waals surface area contributed by atoms with E-state index in [1.54, 1.807) is 0 Å². The Hall–Kier alpha value is -2.81. The normalized spacial score (nSPS) is 18.0. The second kappa shape index (κ2) is 8.28. The highest BCUT2D eigenvalue weighted by molar-refractivity contribution is 8.15. The lowest BCUT2D eigenvalue weighted by Gasteiger charge is -2.10. The molecule has 1 atom stereocenters. The van der Waals surface area contributed by atoms with Crippen LogP contribution >= 0.6 is 11.8 Å². The minimum Gasteiger partial charge on any atom is -0.326 e. The zero-order valence-electron chi connectivity index (χ0n) is 15.6. The molecular weight excluding hydrogens is 403 g/mol. The molecule has 152 valence electrons. The van der Waals surface area contributed by atoms with Crippen LogP contribution in [-0.4, -0.2) is 22.2 Å². The van der Waals surface area contributed by atoms with Gasteiger partial charge >= 0.3 is 6.18 Å². The van der Waals surface area contributed by atoms with E-state index in [1.807, 2.05) is 32.0 Å². The molecule has 1 fully saturated rings. The summed E-state index contributed by atoms with van der Waals surface area (Å²) in [5.41, 5.74) is 2.05. The number of rotatable bonds is 4. The lowest BCUT2D eigenvalue weighted by molar-refractivity contribution is -0.137. The Labute approximate surface area is 169 Å². The lowest BCUT2D eigenvalue weighted by Crippen LogP contribution is -2.28. The maximum absolute atomic E-state index is 12.8. The zero-order valence-corrected chi connectivity index (χ0v) is 16.4. The predicted octanol–water partition coefficient (Wildman–Crippen LogP) is 4.57. The quantitative estimate of drug-likeness (QED) is 0.760. The predicted molar refractivity (Wildman–Crippen MR) is 107 cm³/mol. The highest BCUT2D eigenvalue weighted by atomic mass is 32.2. The molecule has 1 unspecified atom stereocenters. The fraction of sp³-hybridized carbons (Fsp3) is 0.250. The van der Waals surface area contributed by atoms with Gasteiger partial charge in [-0.25, -0.2) is 4.99 Å². The van der Waals surface area contributed by atoms with Crippen molar-refractivity contribution in [2.75, 3.05) is 5.32 Å². The van der Waals surface area contributed by atoms with E-state index in [1.165, 1.54) is 12.1 Å². The van der Waals surface area contributed by atoms with Crippen LogP contribution in [0.15, 0.2) is 47.5 Å². The number of alkyl halides is 3. The Kier molecular flexibility index (Phi) is 5.97. The van der Waals surface area contributed by atoms with Crippen LogP contribution < -0.4 is 10.6 Å². The summed E-state index contributed by atoms with van der Waals surface area (Å²) >= 11 is 1.12. The number of carbonyl (C=O) groups is 2. The number of aliphatic imine (C=N–C) groups is 1. The second-order valence-electron chi connectivity index (χ2n) is 6.61. The highest BCUT2D eigenvalue weighted by Gasteiger charge is 2.33. The van der Waals surface area contributed by atoms with Crippen molar-refractivity contribution < 1.29 is 22.8 Å². The molecule has 9 heteroatoms. The number of benzene rings is 2. The third-order valence-electron chi connectivity index (χ3n) is 4.34. The number of nitrogens with one attached hydrogen (secondary N) is 2. The van der Waals surface area contributed by atoms with Crippen molar-refractivity contribution in [3.05, 3.63) is 59.2 Å². The minimum absolute atomic E-state index is 0.0252. The standard InChI is InChI=1S/C20H18F3N3O2S/c1-11-6-7-15(8-12(11)2)25-19-26-18(28)16(29-19)10-17(27)24-14-5-3-4-13(9-14)20(21,22)23/h3-9,16H,10H2,1-2H3,(H,24,27)(H,25,26,28). The fourth-order valence-corrected chi connectivity index (χ4v) is 3.65. The van der Waals surface area contributed by atoms with Gasteiger partial charge in [0.15, 0.2) is 5.17 Å². The SMILES string of the molecule is Cc1ccc(N=C2NC(=O)C(CC(=O)Nc3cccc(C(F)(F)F)c3)S2)cc1C. The molecule has 0 aliphatic carbocycles. The highest BCUT2D eigenvalue weighted by Crippen LogP contribution is 2.31. The van der Waals surface area contributed by atoms with E-state index in [-0.39, 0.29) is 18.0 Å². The molecule has 2 aromatic rings. The van der Waals surface area contributed by atoms with Crippen LogP contribution in [0.25, 0.3) is 0 Å². The van der Waals surface area contributed by atoms with Crippen LogP contribution in [0.5, 0.6) is 0 Å². The summed E-state index contributed by atoms with van der Waals surface area (Å²) in [6.07, 6.45) is -4.68. The van der Waals surface area contributed by atoms with Gasteiger partial charge in [0, 0.05) is 12.1 Å². The number of aryl methyl sites for hydroxylation is 2. The minimum atomic E-state index is -4.50. The van der Waals surface area contributed by atoms with Gasteiger partial charge in [0.05, 0.1) is 11.3 Å². The van der Waals surface area contributed by atoms with Crippen molar-refractivity contribution in [1.29, 1.82) is 0 Å². The molecule has 1 aliphatic rings. The van der Waals surface area contributed by atoms with Crippen molar-refractivity contribution in [1.82, 2.24) is 5.32 Å². The third-order valence-corrected chi connectivity index (χ3v) is 5.42. The first-order valence-electron chi connectivity index (χ1n) is 8.72. The number of carbonyl (C=O) groups excluding carboxylic acids is 2. The van der Waals surface area contributed by atoms with Gasteiger partial charge in [-0.05, 0) is 55.3 Å².